The van der Waals surface area contributed by atoms with Crippen molar-refractivity contribution in [2.45, 2.75) is 52.4 Å². The van der Waals surface area contributed by atoms with Gasteiger partial charge in [0, 0.05) is 66.0 Å². The highest BCUT2D eigenvalue weighted by molar-refractivity contribution is 7.00. The van der Waals surface area contributed by atoms with Crippen molar-refractivity contribution in [2.24, 2.45) is 0 Å². The lowest BCUT2D eigenvalue weighted by Gasteiger charge is -2.41. The highest BCUT2D eigenvalue weighted by Gasteiger charge is 2.44. The molecule has 0 aliphatic carbocycles. The highest BCUT2D eigenvalue weighted by Crippen LogP contribution is 2.50. The second-order valence-electron chi connectivity index (χ2n) is 26.0. The van der Waals surface area contributed by atoms with Gasteiger partial charge in [-0.3, -0.25) is 0 Å². The van der Waals surface area contributed by atoms with E-state index in [1.165, 1.54) is 142 Å². The molecule has 16 aromatic rings. The molecule has 0 fully saturated rings. The maximum absolute atomic E-state index is 2.69. The second kappa shape index (κ2) is 17.2. The molecule has 0 radical (unpaired) electrons. The van der Waals surface area contributed by atoms with E-state index in [9.17, 15) is 0 Å². The monoisotopic (exact) mass is 1090 g/mol. The lowest BCUT2D eigenvalue weighted by molar-refractivity contribution is 0.590. The molecule has 402 valence electrons. The van der Waals surface area contributed by atoms with E-state index in [2.05, 4.69) is 309 Å². The van der Waals surface area contributed by atoms with Crippen LogP contribution >= 0.6 is 0 Å². The predicted octanol–water partition coefficient (Wildman–Crippen LogP) is 19.3. The van der Waals surface area contributed by atoms with E-state index < -0.39 is 0 Å². The summed E-state index contributed by atoms with van der Waals surface area (Å²) in [6.45, 7) is 13.9. The van der Waals surface area contributed by atoms with Gasteiger partial charge >= 0.3 is 0 Å². The van der Waals surface area contributed by atoms with Crippen molar-refractivity contribution in [2.75, 3.05) is 4.90 Å². The maximum atomic E-state index is 2.69. The van der Waals surface area contributed by atoms with E-state index in [-0.39, 0.29) is 17.5 Å². The lowest BCUT2D eigenvalue weighted by Crippen LogP contribution is -2.60. The molecule has 2 aliphatic heterocycles. The van der Waals surface area contributed by atoms with E-state index in [1.54, 1.807) is 0 Å². The molecule has 3 aromatic heterocycles. The van der Waals surface area contributed by atoms with Gasteiger partial charge in [0.1, 0.15) is 0 Å². The van der Waals surface area contributed by atoms with E-state index in [0.29, 0.717) is 0 Å². The first-order valence-corrected chi connectivity index (χ1v) is 30.1. The minimum atomic E-state index is -0.111. The Morgan fingerprint density at radius 3 is 1.26 bits per heavy atom. The Bertz CT molecular complexity index is 5340. The van der Waals surface area contributed by atoms with Crippen molar-refractivity contribution in [1.82, 2.24) is 13.7 Å². The lowest BCUT2D eigenvalue weighted by atomic mass is 9.33. The molecule has 0 spiro atoms. The number of nitrogens with zero attached hydrogens (tertiary/aromatic N) is 4. The average Bonchev–Trinajstić information content (AvgIpc) is 1.75. The number of para-hydroxylation sites is 5. The highest BCUT2D eigenvalue weighted by atomic mass is 15.2. The molecule has 0 saturated carbocycles. The molecule has 0 atom stereocenters. The van der Waals surface area contributed by atoms with Crippen LogP contribution in [-0.4, -0.2) is 20.4 Å². The number of hydrogen-bond acceptors (Lipinski definition) is 1. The van der Waals surface area contributed by atoms with Crippen LogP contribution in [0.15, 0.2) is 249 Å². The van der Waals surface area contributed by atoms with Crippen LogP contribution < -0.4 is 21.3 Å². The van der Waals surface area contributed by atoms with E-state index in [1.807, 2.05) is 0 Å². The van der Waals surface area contributed by atoms with Crippen LogP contribution in [0.1, 0.15) is 52.7 Å². The van der Waals surface area contributed by atoms with Crippen LogP contribution in [0, 0.1) is 0 Å². The number of benzene rings is 13. The zero-order valence-corrected chi connectivity index (χ0v) is 48.5. The smallest absolute Gasteiger partial charge is 0.252 e. The summed E-state index contributed by atoms with van der Waals surface area (Å²) >= 11 is 0. The summed E-state index contributed by atoms with van der Waals surface area (Å²) in [4.78, 5) is 2.62. The minimum Gasteiger partial charge on any atom is -0.311 e. The van der Waals surface area contributed by atoms with Gasteiger partial charge in [-0.15, -0.1) is 0 Å². The molecule has 0 N–H and O–H groups in total. The maximum Gasteiger partial charge on any atom is 0.252 e. The molecule has 0 saturated heterocycles. The van der Waals surface area contributed by atoms with Crippen molar-refractivity contribution in [1.29, 1.82) is 0 Å². The van der Waals surface area contributed by atoms with E-state index in [0.717, 1.165) is 28.2 Å². The number of aromatic nitrogens is 3. The van der Waals surface area contributed by atoms with E-state index >= 15 is 0 Å². The van der Waals surface area contributed by atoms with Crippen molar-refractivity contribution in [3.8, 4) is 28.2 Å². The largest absolute Gasteiger partial charge is 0.311 e. The molecule has 0 bridgehead atoms. The summed E-state index contributed by atoms with van der Waals surface area (Å²) in [7, 11) is 0. The van der Waals surface area contributed by atoms with Gasteiger partial charge in [0.2, 0.25) is 0 Å². The van der Waals surface area contributed by atoms with Crippen LogP contribution in [0.25, 0.3) is 126 Å². The fraction of sp³-hybridized carbons (Fsp3) is 0.100. The molecule has 4 nitrogen and oxygen atoms in total. The summed E-state index contributed by atoms with van der Waals surface area (Å²) in [6, 6.07) is 95.0. The van der Waals surface area contributed by atoms with Crippen molar-refractivity contribution in [3.05, 3.63) is 260 Å². The zero-order chi connectivity index (χ0) is 56.8. The Balaban J connectivity index is 1.06. The standard InChI is InChI=1S/C80H59BN4/c1-79(2,3)49-38-41-51(42-39-49)82-69-43-40-50(80(4,5)6)46-62(69)81-63-47-61-54-24-8-7-22-52(54)53-23-9-10-29-59(53)75(61)76-60-30-15-20-35-68(60)85(78(63)76)73-45-48(44-72(82)77(73)81)74-70(83-64-31-16-11-25-55(64)56-26-12-17-32-65(56)83)36-21-37-71(74)84-66-33-18-13-27-57(66)58-28-14-19-34-67(58)84/h7-47H,1-6H3. The van der Waals surface area contributed by atoms with Gasteiger partial charge in [0.25, 0.3) is 6.71 Å². The minimum absolute atomic E-state index is 0.0211. The molecular weight excluding hydrogens is 1030 g/mol. The fourth-order valence-corrected chi connectivity index (χ4v) is 15.5. The van der Waals surface area contributed by atoms with Gasteiger partial charge in [0.05, 0.1) is 44.5 Å². The molecule has 5 heterocycles. The molecule has 0 unspecified atom stereocenters. The van der Waals surface area contributed by atoms with Crippen molar-refractivity contribution in [3.63, 3.8) is 0 Å². The first-order valence-electron chi connectivity index (χ1n) is 30.1. The Morgan fingerprint density at radius 2 is 0.729 bits per heavy atom. The van der Waals surface area contributed by atoms with Gasteiger partial charge in [-0.1, -0.05) is 217 Å². The molecule has 85 heavy (non-hydrogen) atoms. The normalized spacial score (nSPS) is 13.2. The molecule has 13 aromatic carbocycles. The number of hydrogen-bond donors (Lipinski definition) is 0. The fourth-order valence-electron chi connectivity index (χ4n) is 15.5. The summed E-state index contributed by atoms with van der Waals surface area (Å²) in [5.41, 5.74) is 22.9. The van der Waals surface area contributed by atoms with Crippen LogP contribution in [0.3, 0.4) is 0 Å². The Hall–Kier alpha value is -10.1. The second-order valence-corrected chi connectivity index (χ2v) is 26.0. The summed E-state index contributed by atoms with van der Waals surface area (Å²) in [5.74, 6) is 0. The van der Waals surface area contributed by atoms with Crippen LogP contribution in [0.5, 0.6) is 0 Å². The topological polar surface area (TPSA) is 18.0 Å². The van der Waals surface area contributed by atoms with Gasteiger partial charge in [0.15, 0.2) is 0 Å². The summed E-state index contributed by atoms with van der Waals surface area (Å²) in [5, 5.41) is 15.2. The summed E-state index contributed by atoms with van der Waals surface area (Å²) in [6.07, 6.45) is 0. The molecule has 2 aliphatic rings. The quantitative estimate of drug-likeness (QED) is 0.127. The number of fused-ring (bicyclic) bond motifs is 20. The first-order chi connectivity index (χ1) is 41.5. The number of anilines is 3. The molecule has 5 heteroatoms. The molecule has 18 rings (SSSR count). The third-order valence-corrected chi connectivity index (χ3v) is 19.3. The van der Waals surface area contributed by atoms with Crippen LogP contribution in [0.2, 0.25) is 0 Å². The third-order valence-electron chi connectivity index (χ3n) is 19.3. The Kier molecular flexibility index (Phi) is 9.83. The average molecular weight is 1090 g/mol. The Morgan fingerprint density at radius 1 is 0.294 bits per heavy atom. The van der Waals surface area contributed by atoms with Crippen LogP contribution in [-0.2, 0) is 10.8 Å². The zero-order valence-electron chi connectivity index (χ0n) is 48.5. The molecular formula is C80H59BN4. The van der Waals surface area contributed by atoms with E-state index in [4.69, 9.17) is 0 Å². The van der Waals surface area contributed by atoms with Crippen molar-refractivity contribution < 1.29 is 0 Å². The van der Waals surface area contributed by atoms with Gasteiger partial charge in [-0.2, -0.15) is 0 Å². The summed E-state index contributed by atoms with van der Waals surface area (Å²) < 4.78 is 7.76. The van der Waals surface area contributed by atoms with Gasteiger partial charge in [-0.25, -0.2) is 0 Å². The van der Waals surface area contributed by atoms with Gasteiger partial charge < -0.3 is 18.6 Å². The van der Waals surface area contributed by atoms with Gasteiger partial charge in [-0.05, 0) is 144 Å². The SMILES string of the molecule is CC(C)(C)c1ccc(N2c3ccc(C(C)(C)C)cc3B3c4c2cc(-c2c(-n5c6ccccc6c6ccccc65)cccc2-n2c5ccccc5c5ccccc52)cc4-n2c4ccccc4c4c5c6ccccc6c6ccccc6c5cc3c42)cc1. The first kappa shape index (κ1) is 48.4. The number of rotatable bonds is 4. The van der Waals surface area contributed by atoms with Crippen LogP contribution in [0.4, 0.5) is 17.1 Å². The molecule has 0 amide bonds. The Labute approximate surface area is 494 Å². The van der Waals surface area contributed by atoms with Crippen molar-refractivity contribution >= 4 is 138 Å². The third kappa shape index (κ3) is 6.64. The predicted molar refractivity (Wildman–Crippen MR) is 364 cm³/mol.